The van der Waals surface area contributed by atoms with Crippen LogP contribution in [0.2, 0.25) is 0 Å². The van der Waals surface area contributed by atoms with E-state index in [2.05, 4.69) is 22.6 Å². The van der Waals surface area contributed by atoms with Crippen LogP contribution in [0, 0.1) is 0 Å². The topological polar surface area (TPSA) is 63.9 Å². The third kappa shape index (κ3) is 3.77. The molecule has 1 atom stereocenters. The van der Waals surface area contributed by atoms with Gasteiger partial charge in [0, 0.05) is 37.1 Å². The number of carbonyl (C=O) groups is 1. The van der Waals surface area contributed by atoms with Crippen LogP contribution < -0.4 is 0 Å². The molecule has 23 heavy (non-hydrogen) atoms. The zero-order valence-electron chi connectivity index (χ0n) is 13.7. The van der Waals surface area contributed by atoms with Gasteiger partial charge in [0.2, 0.25) is 5.91 Å². The Bertz CT molecular complexity index is 665. The maximum atomic E-state index is 12.5. The van der Waals surface area contributed by atoms with Crippen molar-refractivity contribution < 1.29 is 4.79 Å². The largest absolute Gasteiger partial charge is 0.342 e. The lowest BCUT2D eigenvalue weighted by Crippen LogP contribution is -2.40. The summed E-state index contributed by atoms with van der Waals surface area (Å²) in [5.74, 6) is 0.523. The van der Waals surface area contributed by atoms with Crippen LogP contribution in [-0.4, -0.2) is 43.9 Å². The van der Waals surface area contributed by atoms with Crippen molar-refractivity contribution in [1.82, 2.24) is 24.9 Å². The third-order valence-electron chi connectivity index (χ3n) is 4.30. The van der Waals surface area contributed by atoms with Crippen molar-refractivity contribution in [3.05, 3.63) is 28.0 Å². The molecule has 1 unspecified atom stereocenters. The van der Waals surface area contributed by atoms with Crippen molar-refractivity contribution in [1.29, 1.82) is 0 Å². The number of piperidine rings is 1. The minimum absolute atomic E-state index is 0.144. The lowest BCUT2D eigenvalue weighted by atomic mass is 9.98. The predicted molar refractivity (Wildman–Crippen MR) is 89.4 cm³/mol. The fourth-order valence-electron chi connectivity index (χ4n) is 2.92. The van der Waals surface area contributed by atoms with E-state index in [0.29, 0.717) is 12.3 Å². The van der Waals surface area contributed by atoms with Crippen molar-refractivity contribution >= 4 is 17.2 Å². The second-order valence-electron chi connectivity index (χ2n) is 5.95. The van der Waals surface area contributed by atoms with E-state index in [1.54, 1.807) is 16.0 Å². The van der Waals surface area contributed by atoms with Gasteiger partial charge in [-0.2, -0.15) is 0 Å². The summed E-state index contributed by atoms with van der Waals surface area (Å²) >= 11 is 1.73. The average molecular weight is 333 g/mol. The highest BCUT2D eigenvalue weighted by atomic mass is 32.1. The number of carbonyl (C=O) groups excluding carboxylic acids is 1. The summed E-state index contributed by atoms with van der Waals surface area (Å²) < 4.78 is 1.75. The summed E-state index contributed by atoms with van der Waals surface area (Å²) in [5.41, 5.74) is 1.91. The third-order valence-corrected chi connectivity index (χ3v) is 5.35. The van der Waals surface area contributed by atoms with Crippen LogP contribution in [0.5, 0.6) is 0 Å². The first kappa shape index (κ1) is 16.1. The molecule has 1 amide bonds. The van der Waals surface area contributed by atoms with Crippen LogP contribution >= 0.6 is 11.3 Å². The highest BCUT2D eigenvalue weighted by Gasteiger charge is 2.27. The molecule has 6 nitrogen and oxygen atoms in total. The second-order valence-corrected chi connectivity index (χ2v) is 6.84. The van der Waals surface area contributed by atoms with Crippen molar-refractivity contribution in [2.45, 2.75) is 52.0 Å². The van der Waals surface area contributed by atoms with Crippen LogP contribution in [-0.2, 0) is 24.2 Å². The van der Waals surface area contributed by atoms with E-state index >= 15 is 0 Å². The number of likely N-dealkylation sites (tertiary alicyclic amines) is 1. The SMILES string of the molecule is CCc1csc(C2CCCN(C(=O)Cc3cn(CC)nn3)C2)n1. The second kappa shape index (κ2) is 7.21. The molecule has 1 aliphatic heterocycles. The Kier molecular flexibility index (Phi) is 5.05. The molecule has 7 heteroatoms. The molecule has 3 heterocycles. The smallest absolute Gasteiger partial charge is 0.228 e. The molecule has 0 aromatic carbocycles. The van der Waals surface area contributed by atoms with Crippen LogP contribution in [0.15, 0.2) is 11.6 Å². The van der Waals surface area contributed by atoms with Gasteiger partial charge >= 0.3 is 0 Å². The van der Waals surface area contributed by atoms with E-state index in [-0.39, 0.29) is 5.91 Å². The number of hydrogen-bond acceptors (Lipinski definition) is 5. The molecular weight excluding hydrogens is 310 g/mol. The summed E-state index contributed by atoms with van der Waals surface area (Å²) in [6.45, 7) is 6.52. The van der Waals surface area contributed by atoms with Gasteiger partial charge in [-0.3, -0.25) is 9.48 Å². The maximum absolute atomic E-state index is 12.5. The minimum atomic E-state index is 0.144. The van der Waals surface area contributed by atoms with Gasteiger partial charge in [-0.05, 0) is 26.2 Å². The van der Waals surface area contributed by atoms with E-state index in [4.69, 9.17) is 4.98 Å². The molecule has 2 aromatic heterocycles. The summed E-state index contributed by atoms with van der Waals surface area (Å²) in [6.07, 6.45) is 5.32. The van der Waals surface area contributed by atoms with Gasteiger partial charge in [0.15, 0.2) is 0 Å². The van der Waals surface area contributed by atoms with Crippen LogP contribution in [0.3, 0.4) is 0 Å². The summed E-state index contributed by atoms with van der Waals surface area (Å²) in [6, 6.07) is 0. The van der Waals surface area contributed by atoms with E-state index < -0.39 is 0 Å². The Balaban J connectivity index is 1.62. The van der Waals surface area contributed by atoms with Crippen molar-refractivity contribution in [3.63, 3.8) is 0 Å². The first-order valence-corrected chi connectivity index (χ1v) is 9.18. The lowest BCUT2D eigenvalue weighted by Gasteiger charge is -2.31. The van der Waals surface area contributed by atoms with E-state index in [1.165, 1.54) is 5.01 Å². The molecule has 1 aliphatic rings. The Morgan fingerprint density at radius 3 is 2.96 bits per heavy atom. The quantitative estimate of drug-likeness (QED) is 0.842. The van der Waals surface area contributed by atoms with Gasteiger partial charge in [-0.25, -0.2) is 4.98 Å². The first-order chi connectivity index (χ1) is 11.2. The van der Waals surface area contributed by atoms with Gasteiger partial charge in [-0.15, -0.1) is 16.4 Å². The Hall–Kier alpha value is -1.76. The fourth-order valence-corrected chi connectivity index (χ4v) is 3.95. The molecule has 2 aromatic rings. The van der Waals surface area contributed by atoms with Crippen molar-refractivity contribution in [3.8, 4) is 0 Å². The van der Waals surface area contributed by atoms with Gasteiger partial charge < -0.3 is 4.90 Å². The minimum Gasteiger partial charge on any atom is -0.342 e. The Labute approximate surface area is 140 Å². The maximum Gasteiger partial charge on any atom is 0.228 e. The molecular formula is C16H23N5OS. The molecule has 3 rings (SSSR count). The number of rotatable bonds is 5. The van der Waals surface area contributed by atoms with Crippen LogP contribution in [0.4, 0.5) is 0 Å². The molecule has 0 saturated carbocycles. The number of thiazole rings is 1. The number of nitrogens with zero attached hydrogens (tertiary/aromatic N) is 5. The van der Waals surface area contributed by atoms with Gasteiger partial charge in [0.25, 0.3) is 0 Å². The van der Waals surface area contributed by atoms with E-state index in [1.807, 2.05) is 18.0 Å². The highest BCUT2D eigenvalue weighted by Crippen LogP contribution is 2.29. The number of aromatic nitrogens is 4. The molecule has 0 aliphatic carbocycles. The van der Waals surface area contributed by atoms with Crippen molar-refractivity contribution in [2.24, 2.45) is 0 Å². The van der Waals surface area contributed by atoms with Gasteiger partial charge in [0.05, 0.1) is 22.8 Å². The molecule has 0 spiro atoms. The lowest BCUT2D eigenvalue weighted by molar-refractivity contribution is -0.131. The predicted octanol–water partition coefficient (Wildman–Crippen LogP) is 2.27. The Morgan fingerprint density at radius 2 is 2.26 bits per heavy atom. The fraction of sp³-hybridized carbons (Fsp3) is 0.625. The molecule has 1 fully saturated rings. The normalized spacial score (nSPS) is 18.3. The zero-order chi connectivity index (χ0) is 16.2. The number of amides is 1. The summed E-state index contributed by atoms with van der Waals surface area (Å²) in [7, 11) is 0. The molecule has 0 bridgehead atoms. The standard InChI is InChI=1S/C16H23N5OS/c1-3-13-11-23-16(17-13)12-6-5-7-20(9-12)15(22)8-14-10-21(4-2)19-18-14/h10-12H,3-9H2,1-2H3. The zero-order valence-corrected chi connectivity index (χ0v) is 14.6. The highest BCUT2D eigenvalue weighted by molar-refractivity contribution is 7.09. The average Bonchev–Trinajstić information content (AvgIpc) is 3.24. The van der Waals surface area contributed by atoms with E-state index in [9.17, 15) is 4.79 Å². The van der Waals surface area contributed by atoms with Gasteiger partial charge in [0.1, 0.15) is 0 Å². The number of hydrogen-bond donors (Lipinski definition) is 0. The summed E-state index contributed by atoms with van der Waals surface area (Å²) in [5, 5.41) is 11.4. The summed E-state index contributed by atoms with van der Waals surface area (Å²) in [4.78, 5) is 19.2. The molecule has 0 radical (unpaired) electrons. The Morgan fingerprint density at radius 1 is 1.39 bits per heavy atom. The number of aryl methyl sites for hydroxylation is 2. The molecule has 1 saturated heterocycles. The first-order valence-electron chi connectivity index (χ1n) is 8.30. The van der Waals surface area contributed by atoms with E-state index in [0.717, 1.165) is 50.3 Å². The van der Waals surface area contributed by atoms with Crippen molar-refractivity contribution in [2.75, 3.05) is 13.1 Å². The monoisotopic (exact) mass is 333 g/mol. The van der Waals surface area contributed by atoms with Crippen LogP contribution in [0.25, 0.3) is 0 Å². The molecule has 0 N–H and O–H groups in total. The molecule has 124 valence electrons. The van der Waals surface area contributed by atoms with Crippen LogP contribution in [0.1, 0.15) is 49.0 Å². The van der Waals surface area contributed by atoms with Gasteiger partial charge in [-0.1, -0.05) is 12.1 Å².